The van der Waals surface area contributed by atoms with E-state index in [9.17, 15) is 19.2 Å². The average molecular weight is 293 g/mol. The highest BCUT2D eigenvalue weighted by Crippen LogP contribution is 2.22. The number of nitrogens with one attached hydrogen (secondary N) is 1. The van der Waals surface area contributed by atoms with E-state index in [4.69, 9.17) is 15.3 Å². The molecule has 0 unspecified atom stereocenters. The van der Waals surface area contributed by atoms with E-state index >= 15 is 0 Å². The fourth-order valence-corrected chi connectivity index (χ4v) is 1.52. The van der Waals surface area contributed by atoms with Gasteiger partial charge in [0.15, 0.2) is 0 Å². The number of hydrogen-bond acceptors (Lipinski definition) is 4. The van der Waals surface area contributed by atoms with Gasteiger partial charge in [0.2, 0.25) is 0 Å². The fraction of sp³-hybridized carbons (Fsp3) is 0.0769. The van der Waals surface area contributed by atoms with Crippen LogP contribution in [-0.4, -0.2) is 39.1 Å². The summed E-state index contributed by atoms with van der Waals surface area (Å²) in [4.78, 5) is 44.7. The average Bonchev–Trinajstić information content (AvgIpc) is 2.36. The first kappa shape index (κ1) is 15.9. The first-order valence-corrected chi connectivity index (χ1v) is 5.50. The number of carboxylic acid groups (broad SMARTS) is 3. The highest BCUT2D eigenvalue weighted by Gasteiger charge is 2.25. The molecule has 1 rings (SSSR count). The smallest absolute Gasteiger partial charge is 0.337 e. The Morgan fingerprint density at radius 2 is 1.38 bits per heavy atom. The summed E-state index contributed by atoms with van der Waals surface area (Å²) in [5.41, 5.74) is -2.36. The van der Waals surface area contributed by atoms with Crippen LogP contribution >= 0.6 is 0 Å². The van der Waals surface area contributed by atoms with Gasteiger partial charge in [0.05, 0.1) is 16.7 Å². The third-order valence-corrected chi connectivity index (χ3v) is 2.46. The maximum Gasteiger partial charge on any atom is 0.337 e. The molecule has 8 nitrogen and oxygen atoms in total. The van der Waals surface area contributed by atoms with Crippen molar-refractivity contribution in [3.63, 3.8) is 0 Å². The number of anilines is 1. The maximum atomic E-state index is 11.5. The molecule has 4 N–H and O–H groups in total. The first-order valence-electron chi connectivity index (χ1n) is 5.50. The molecule has 0 aliphatic heterocycles. The van der Waals surface area contributed by atoms with Gasteiger partial charge in [0, 0.05) is 11.3 Å². The Balaban J connectivity index is 3.54. The van der Waals surface area contributed by atoms with Gasteiger partial charge >= 0.3 is 17.9 Å². The van der Waals surface area contributed by atoms with Gasteiger partial charge in [-0.3, -0.25) is 4.79 Å². The summed E-state index contributed by atoms with van der Waals surface area (Å²) in [6.45, 7) is 4.77. The van der Waals surface area contributed by atoms with Crippen LogP contribution in [-0.2, 0) is 4.79 Å². The van der Waals surface area contributed by atoms with Crippen molar-refractivity contribution in [2.24, 2.45) is 0 Å². The maximum absolute atomic E-state index is 11.5. The van der Waals surface area contributed by atoms with Gasteiger partial charge in [-0.05, 0) is 19.1 Å². The number of carbonyl (C=O) groups is 4. The van der Waals surface area contributed by atoms with Crippen LogP contribution < -0.4 is 5.32 Å². The standard InChI is InChI=1S/C13H11NO7/c1-5(2)10(15)14-6-3-7(11(16)17)9(13(20)21)8(4-6)12(18)19/h3-4H,1H2,2H3,(H,14,15)(H,16,17)(H,18,19)(H,20,21). The third-order valence-electron chi connectivity index (χ3n) is 2.46. The molecule has 110 valence electrons. The normalized spacial score (nSPS) is 9.76. The van der Waals surface area contributed by atoms with E-state index in [0.29, 0.717) is 0 Å². The van der Waals surface area contributed by atoms with Crippen molar-refractivity contribution in [2.45, 2.75) is 6.92 Å². The summed E-state index contributed by atoms with van der Waals surface area (Å²) in [5, 5.41) is 29.2. The van der Waals surface area contributed by atoms with E-state index in [2.05, 4.69) is 11.9 Å². The van der Waals surface area contributed by atoms with Crippen molar-refractivity contribution in [1.82, 2.24) is 0 Å². The summed E-state index contributed by atoms with van der Waals surface area (Å²) in [6.07, 6.45) is 0. The molecule has 0 saturated carbocycles. The van der Waals surface area contributed by atoms with Gasteiger partial charge in [0.25, 0.3) is 5.91 Å². The van der Waals surface area contributed by atoms with Crippen molar-refractivity contribution < 1.29 is 34.5 Å². The molecule has 0 fully saturated rings. The molecule has 0 radical (unpaired) electrons. The number of rotatable bonds is 5. The minimum absolute atomic E-state index is 0.117. The number of amides is 1. The molecule has 0 spiro atoms. The monoisotopic (exact) mass is 293 g/mol. The number of carbonyl (C=O) groups excluding carboxylic acids is 1. The predicted molar refractivity (Wildman–Crippen MR) is 70.8 cm³/mol. The molecule has 0 atom stereocenters. The lowest BCUT2D eigenvalue weighted by Gasteiger charge is -2.11. The third kappa shape index (κ3) is 3.44. The van der Waals surface area contributed by atoms with Gasteiger partial charge < -0.3 is 20.6 Å². The summed E-state index contributed by atoms with van der Waals surface area (Å²) in [5.74, 6) is -5.59. The minimum Gasteiger partial charge on any atom is -0.478 e. The zero-order chi connectivity index (χ0) is 16.3. The molecule has 1 amide bonds. The number of benzene rings is 1. The molecular formula is C13H11NO7. The lowest BCUT2D eigenvalue weighted by molar-refractivity contribution is -0.112. The zero-order valence-corrected chi connectivity index (χ0v) is 10.8. The Kier molecular flexibility index (Phi) is 4.44. The Morgan fingerprint density at radius 1 is 0.952 bits per heavy atom. The van der Waals surface area contributed by atoms with Crippen LogP contribution in [0, 0.1) is 0 Å². The molecule has 21 heavy (non-hydrogen) atoms. The van der Waals surface area contributed by atoms with Gasteiger partial charge in [-0.15, -0.1) is 0 Å². The number of carboxylic acids is 3. The molecule has 0 bridgehead atoms. The van der Waals surface area contributed by atoms with E-state index in [-0.39, 0.29) is 11.3 Å². The van der Waals surface area contributed by atoms with E-state index in [1.54, 1.807) is 0 Å². The van der Waals surface area contributed by atoms with Gasteiger partial charge in [-0.2, -0.15) is 0 Å². The van der Waals surface area contributed by atoms with E-state index in [0.717, 1.165) is 12.1 Å². The van der Waals surface area contributed by atoms with Crippen LogP contribution in [0.15, 0.2) is 24.3 Å². The summed E-state index contributed by atoms with van der Waals surface area (Å²) >= 11 is 0. The van der Waals surface area contributed by atoms with Crippen molar-refractivity contribution in [1.29, 1.82) is 0 Å². The lowest BCUT2D eigenvalue weighted by atomic mass is 9.99. The van der Waals surface area contributed by atoms with Crippen molar-refractivity contribution in [3.05, 3.63) is 41.0 Å². The van der Waals surface area contributed by atoms with Crippen LogP contribution in [0.25, 0.3) is 0 Å². The molecule has 0 heterocycles. The second kappa shape index (κ2) is 5.87. The van der Waals surface area contributed by atoms with Crippen LogP contribution in [0.3, 0.4) is 0 Å². The largest absolute Gasteiger partial charge is 0.478 e. The Morgan fingerprint density at radius 3 is 1.67 bits per heavy atom. The molecule has 1 aromatic rings. The molecule has 0 aromatic heterocycles. The van der Waals surface area contributed by atoms with E-state index in [1.807, 2.05) is 0 Å². The second-order valence-electron chi connectivity index (χ2n) is 4.10. The second-order valence-corrected chi connectivity index (χ2v) is 4.10. The minimum atomic E-state index is -1.69. The molecule has 8 heteroatoms. The topological polar surface area (TPSA) is 141 Å². The Hall–Kier alpha value is -3.16. The van der Waals surface area contributed by atoms with Crippen molar-refractivity contribution in [2.75, 3.05) is 5.32 Å². The fourth-order valence-electron chi connectivity index (χ4n) is 1.52. The number of aromatic carboxylic acids is 3. The molecule has 0 aliphatic rings. The molecule has 0 saturated heterocycles. The van der Waals surface area contributed by atoms with Gasteiger partial charge in [0.1, 0.15) is 0 Å². The van der Waals surface area contributed by atoms with Crippen LogP contribution in [0.5, 0.6) is 0 Å². The van der Waals surface area contributed by atoms with Crippen LogP contribution in [0.4, 0.5) is 5.69 Å². The summed E-state index contributed by atoms with van der Waals surface area (Å²) in [6, 6.07) is 1.75. The lowest BCUT2D eigenvalue weighted by Crippen LogP contribution is -2.18. The first-order chi connectivity index (χ1) is 9.65. The SMILES string of the molecule is C=C(C)C(=O)Nc1cc(C(=O)O)c(C(=O)O)c(C(=O)O)c1. The molecule has 0 aliphatic carbocycles. The van der Waals surface area contributed by atoms with Crippen LogP contribution in [0.1, 0.15) is 38.0 Å². The van der Waals surface area contributed by atoms with Crippen molar-refractivity contribution in [3.8, 4) is 0 Å². The van der Waals surface area contributed by atoms with Crippen molar-refractivity contribution >= 4 is 29.5 Å². The molecular weight excluding hydrogens is 282 g/mol. The Labute approximate surface area is 118 Å². The molecule has 1 aromatic carbocycles. The summed E-state index contributed by atoms with van der Waals surface area (Å²) in [7, 11) is 0. The van der Waals surface area contributed by atoms with Gasteiger partial charge in [-0.25, -0.2) is 14.4 Å². The predicted octanol–water partition coefficient (Wildman–Crippen LogP) is 1.30. The number of hydrogen-bond donors (Lipinski definition) is 4. The quantitative estimate of drug-likeness (QED) is 0.599. The van der Waals surface area contributed by atoms with E-state index in [1.165, 1.54) is 6.92 Å². The zero-order valence-electron chi connectivity index (χ0n) is 10.8. The summed E-state index contributed by atoms with van der Waals surface area (Å²) < 4.78 is 0. The highest BCUT2D eigenvalue weighted by atomic mass is 16.4. The van der Waals surface area contributed by atoms with E-state index < -0.39 is 40.5 Å². The highest BCUT2D eigenvalue weighted by molar-refractivity contribution is 6.11. The van der Waals surface area contributed by atoms with Crippen LogP contribution in [0.2, 0.25) is 0 Å². The van der Waals surface area contributed by atoms with Gasteiger partial charge in [-0.1, -0.05) is 6.58 Å². The Bertz CT molecular complexity index is 640.